The van der Waals surface area contributed by atoms with E-state index in [0.717, 1.165) is 0 Å². The summed E-state index contributed by atoms with van der Waals surface area (Å²) in [6.45, 7) is 6.70. The Balaban J connectivity index is 2.50. The van der Waals surface area contributed by atoms with E-state index in [0.29, 0.717) is 6.54 Å². The molecule has 0 amide bonds. The molecule has 1 unspecified atom stereocenters. The fourth-order valence-electron chi connectivity index (χ4n) is 1.38. The lowest BCUT2D eigenvalue weighted by atomic mass is 10.2. The lowest BCUT2D eigenvalue weighted by molar-refractivity contribution is -0.142. The number of esters is 1. The van der Waals surface area contributed by atoms with Crippen molar-refractivity contribution in [3.8, 4) is 0 Å². The molecule has 1 atom stereocenters. The van der Waals surface area contributed by atoms with E-state index in [1.807, 2.05) is 0 Å². The Labute approximate surface area is 94.5 Å². The topological polar surface area (TPSA) is 38.3 Å². The minimum atomic E-state index is -0.255. The molecule has 0 aliphatic carbocycles. The van der Waals surface area contributed by atoms with Crippen molar-refractivity contribution < 1.29 is 9.53 Å². The average Bonchev–Trinajstić information content (AvgIpc) is 2.52. The van der Waals surface area contributed by atoms with Crippen LogP contribution < -0.4 is 5.32 Å². The van der Waals surface area contributed by atoms with E-state index in [1.165, 1.54) is 22.4 Å². The molecule has 4 heteroatoms. The highest BCUT2D eigenvalue weighted by Crippen LogP contribution is 2.20. The molecule has 1 heterocycles. The van der Waals surface area contributed by atoms with Crippen molar-refractivity contribution in [1.82, 2.24) is 5.32 Å². The number of aryl methyl sites for hydroxylation is 2. The van der Waals surface area contributed by atoms with Crippen LogP contribution in [0.25, 0.3) is 0 Å². The smallest absolute Gasteiger partial charge is 0.322 e. The molecule has 84 valence electrons. The molecule has 0 fully saturated rings. The fourth-order valence-corrected chi connectivity index (χ4v) is 2.33. The van der Waals surface area contributed by atoms with Gasteiger partial charge in [0.2, 0.25) is 0 Å². The van der Waals surface area contributed by atoms with Gasteiger partial charge in [0.25, 0.3) is 0 Å². The van der Waals surface area contributed by atoms with E-state index < -0.39 is 0 Å². The van der Waals surface area contributed by atoms with Crippen LogP contribution >= 0.6 is 11.3 Å². The zero-order chi connectivity index (χ0) is 11.4. The predicted octanol–water partition coefficient (Wildman–Crippen LogP) is 2.02. The summed E-state index contributed by atoms with van der Waals surface area (Å²) in [5.74, 6) is -0.223. The second kappa shape index (κ2) is 5.28. The van der Waals surface area contributed by atoms with Crippen molar-refractivity contribution in [3.05, 3.63) is 21.4 Å². The third-order valence-corrected chi connectivity index (χ3v) is 3.31. The monoisotopic (exact) mass is 227 g/mol. The highest BCUT2D eigenvalue weighted by atomic mass is 32.1. The third-order valence-electron chi connectivity index (χ3n) is 2.30. The highest BCUT2D eigenvalue weighted by Gasteiger charge is 2.12. The summed E-state index contributed by atoms with van der Waals surface area (Å²) in [5.41, 5.74) is 1.26. The largest absolute Gasteiger partial charge is 0.468 e. The normalized spacial score (nSPS) is 12.5. The number of hydrogen-bond acceptors (Lipinski definition) is 4. The van der Waals surface area contributed by atoms with Crippen LogP contribution in [0.1, 0.15) is 22.2 Å². The minimum absolute atomic E-state index is 0.223. The maximum Gasteiger partial charge on any atom is 0.322 e. The molecule has 0 aliphatic rings. The van der Waals surface area contributed by atoms with Gasteiger partial charge in [-0.15, -0.1) is 11.3 Å². The Hall–Kier alpha value is -0.870. The van der Waals surface area contributed by atoms with Crippen molar-refractivity contribution in [2.75, 3.05) is 7.11 Å². The van der Waals surface area contributed by atoms with Crippen molar-refractivity contribution in [1.29, 1.82) is 0 Å². The standard InChI is InChI=1S/C11H17NO2S/c1-7-5-10(9(3)15-7)6-12-8(2)11(13)14-4/h5,8,12H,6H2,1-4H3. The van der Waals surface area contributed by atoms with Gasteiger partial charge in [0.15, 0.2) is 0 Å². The average molecular weight is 227 g/mol. The van der Waals surface area contributed by atoms with Crippen LogP contribution in [-0.4, -0.2) is 19.1 Å². The Kier molecular flexibility index (Phi) is 4.29. The first-order valence-electron chi connectivity index (χ1n) is 4.91. The summed E-state index contributed by atoms with van der Waals surface area (Å²) in [4.78, 5) is 13.7. The fraction of sp³-hybridized carbons (Fsp3) is 0.545. The molecule has 0 saturated heterocycles. The Morgan fingerprint density at radius 1 is 1.60 bits per heavy atom. The maximum absolute atomic E-state index is 11.1. The zero-order valence-corrected chi connectivity index (χ0v) is 10.4. The van der Waals surface area contributed by atoms with Crippen molar-refractivity contribution in [2.45, 2.75) is 33.4 Å². The van der Waals surface area contributed by atoms with Gasteiger partial charge >= 0.3 is 5.97 Å². The molecule has 15 heavy (non-hydrogen) atoms. The molecule has 3 nitrogen and oxygen atoms in total. The van der Waals surface area contributed by atoms with E-state index in [1.54, 1.807) is 18.3 Å². The summed E-state index contributed by atoms with van der Waals surface area (Å²) in [5, 5.41) is 3.14. The lowest BCUT2D eigenvalue weighted by Gasteiger charge is -2.10. The van der Waals surface area contributed by atoms with E-state index in [2.05, 4.69) is 30.0 Å². The van der Waals surface area contributed by atoms with Gasteiger partial charge in [-0.2, -0.15) is 0 Å². The van der Waals surface area contributed by atoms with Gasteiger partial charge in [-0.1, -0.05) is 0 Å². The molecule has 0 aliphatic heterocycles. The number of ether oxygens (including phenoxy) is 1. The first kappa shape index (κ1) is 12.2. The van der Waals surface area contributed by atoms with Gasteiger partial charge in [-0.25, -0.2) is 0 Å². The molecule has 1 rings (SSSR count). The predicted molar refractivity (Wildman–Crippen MR) is 62.1 cm³/mol. The van der Waals surface area contributed by atoms with Crippen molar-refractivity contribution in [3.63, 3.8) is 0 Å². The van der Waals surface area contributed by atoms with Gasteiger partial charge < -0.3 is 10.1 Å². The van der Waals surface area contributed by atoms with Gasteiger partial charge in [0.1, 0.15) is 6.04 Å². The Morgan fingerprint density at radius 3 is 2.73 bits per heavy atom. The first-order valence-corrected chi connectivity index (χ1v) is 5.73. The number of hydrogen-bond donors (Lipinski definition) is 1. The maximum atomic E-state index is 11.1. The summed E-state index contributed by atoms with van der Waals surface area (Å²) in [7, 11) is 1.40. The van der Waals surface area contributed by atoms with Gasteiger partial charge in [-0.05, 0) is 32.4 Å². The summed E-state index contributed by atoms with van der Waals surface area (Å²) in [6, 6.07) is 1.89. The quantitative estimate of drug-likeness (QED) is 0.800. The molecule has 0 aromatic carbocycles. The zero-order valence-electron chi connectivity index (χ0n) is 9.59. The van der Waals surface area contributed by atoms with Crippen molar-refractivity contribution in [2.24, 2.45) is 0 Å². The van der Waals surface area contributed by atoms with E-state index >= 15 is 0 Å². The van der Waals surface area contributed by atoms with Crippen LogP contribution in [0, 0.1) is 13.8 Å². The number of carbonyl (C=O) groups is 1. The molecular weight excluding hydrogens is 210 g/mol. The molecule has 0 radical (unpaired) electrons. The first-order chi connectivity index (χ1) is 7.04. The van der Waals surface area contributed by atoms with Gasteiger partial charge in [-0.3, -0.25) is 4.79 Å². The molecular formula is C11H17NO2S. The lowest BCUT2D eigenvalue weighted by Crippen LogP contribution is -2.34. The minimum Gasteiger partial charge on any atom is -0.468 e. The molecule has 1 aromatic rings. The van der Waals surface area contributed by atoms with Crippen LogP contribution in [-0.2, 0) is 16.1 Å². The highest BCUT2D eigenvalue weighted by molar-refractivity contribution is 7.12. The number of nitrogens with one attached hydrogen (secondary N) is 1. The van der Waals surface area contributed by atoms with E-state index in [4.69, 9.17) is 0 Å². The summed E-state index contributed by atoms with van der Waals surface area (Å²) < 4.78 is 4.64. The van der Waals surface area contributed by atoms with Crippen LogP contribution in [0.3, 0.4) is 0 Å². The van der Waals surface area contributed by atoms with Crippen LogP contribution in [0.15, 0.2) is 6.07 Å². The second-order valence-electron chi connectivity index (χ2n) is 3.56. The molecule has 0 bridgehead atoms. The van der Waals surface area contributed by atoms with Crippen LogP contribution in [0.4, 0.5) is 0 Å². The molecule has 1 aromatic heterocycles. The molecule has 0 saturated carbocycles. The van der Waals surface area contributed by atoms with Crippen LogP contribution in [0.2, 0.25) is 0 Å². The van der Waals surface area contributed by atoms with E-state index in [-0.39, 0.29) is 12.0 Å². The van der Waals surface area contributed by atoms with Gasteiger partial charge in [0.05, 0.1) is 7.11 Å². The third kappa shape index (κ3) is 3.32. The Morgan fingerprint density at radius 2 is 2.27 bits per heavy atom. The molecule has 1 N–H and O–H groups in total. The second-order valence-corrected chi connectivity index (χ2v) is 5.02. The number of methoxy groups -OCH3 is 1. The number of carbonyl (C=O) groups excluding carboxylic acids is 1. The summed E-state index contributed by atoms with van der Waals surface area (Å²) in [6.07, 6.45) is 0. The number of thiophene rings is 1. The summed E-state index contributed by atoms with van der Waals surface area (Å²) >= 11 is 1.78. The van der Waals surface area contributed by atoms with Crippen LogP contribution in [0.5, 0.6) is 0 Å². The van der Waals surface area contributed by atoms with Gasteiger partial charge in [0, 0.05) is 16.3 Å². The number of rotatable bonds is 4. The SMILES string of the molecule is COC(=O)C(C)NCc1cc(C)sc1C. The van der Waals surface area contributed by atoms with E-state index in [9.17, 15) is 4.79 Å². The van der Waals surface area contributed by atoms with Crippen molar-refractivity contribution >= 4 is 17.3 Å². The Bertz CT molecular complexity index is 346. The molecule has 0 spiro atoms.